The van der Waals surface area contributed by atoms with Gasteiger partial charge in [-0.15, -0.1) is 6.58 Å². The zero-order chi connectivity index (χ0) is 15.7. The Morgan fingerprint density at radius 1 is 1.43 bits per heavy atom. The van der Waals surface area contributed by atoms with Gasteiger partial charge in [0.2, 0.25) is 5.91 Å². The highest BCUT2D eigenvalue weighted by Gasteiger charge is 2.12. The fourth-order valence-corrected chi connectivity index (χ4v) is 1.72. The molecule has 0 unspecified atom stereocenters. The second kappa shape index (κ2) is 9.02. The summed E-state index contributed by atoms with van der Waals surface area (Å²) >= 11 is 0. The van der Waals surface area contributed by atoms with Gasteiger partial charge in [-0.2, -0.15) is 0 Å². The maximum absolute atomic E-state index is 11.8. The Balaban J connectivity index is 2.59. The first-order valence-electron chi connectivity index (χ1n) is 6.92. The van der Waals surface area contributed by atoms with Crippen LogP contribution in [0.3, 0.4) is 0 Å². The van der Waals surface area contributed by atoms with E-state index >= 15 is 0 Å². The lowest BCUT2D eigenvalue weighted by Gasteiger charge is -2.14. The molecule has 0 saturated carbocycles. The van der Waals surface area contributed by atoms with Crippen LogP contribution in [0.4, 0.5) is 0 Å². The minimum absolute atomic E-state index is 0.162. The molecule has 0 fully saturated rings. The fraction of sp³-hybridized carbons (Fsp3) is 0.438. The summed E-state index contributed by atoms with van der Waals surface area (Å²) in [7, 11) is 1.59. The molecule has 0 aliphatic carbocycles. The molecule has 116 valence electrons. The van der Waals surface area contributed by atoms with Gasteiger partial charge >= 0.3 is 0 Å². The van der Waals surface area contributed by atoms with Crippen molar-refractivity contribution in [1.82, 2.24) is 5.32 Å². The van der Waals surface area contributed by atoms with E-state index in [2.05, 4.69) is 11.9 Å². The fourth-order valence-electron chi connectivity index (χ4n) is 1.72. The summed E-state index contributed by atoms with van der Waals surface area (Å²) in [6, 6.07) is 5.57. The third-order valence-electron chi connectivity index (χ3n) is 2.83. The molecule has 1 N–H and O–H groups in total. The number of hydrogen-bond acceptors (Lipinski definition) is 4. The van der Waals surface area contributed by atoms with Gasteiger partial charge in [-0.05, 0) is 31.5 Å². The van der Waals surface area contributed by atoms with Gasteiger partial charge in [-0.25, -0.2) is 0 Å². The molecule has 0 saturated heterocycles. The monoisotopic (exact) mass is 293 g/mol. The van der Waals surface area contributed by atoms with Gasteiger partial charge in [0.05, 0.1) is 20.3 Å². The summed E-state index contributed by atoms with van der Waals surface area (Å²) < 4.78 is 16.0. The first kappa shape index (κ1) is 17.0. The third kappa shape index (κ3) is 5.47. The molecule has 1 amide bonds. The van der Waals surface area contributed by atoms with E-state index in [0.29, 0.717) is 31.3 Å². The number of carbonyl (C=O) groups is 1. The summed E-state index contributed by atoms with van der Waals surface area (Å²) in [5.41, 5.74) is 0.930. The van der Waals surface area contributed by atoms with Crippen LogP contribution in [0.15, 0.2) is 30.9 Å². The van der Waals surface area contributed by atoms with Crippen LogP contribution in [0.1, 0.15) is 19.4 Å². The van der Waals surface area contributed by atoms with Gasteiger partial charge < -0.3 is 19.5 Å². The van der Waals surface area contributed by atoms with Crippen LogP contribution in [0, 0.1) is 0 Å². The van der Waals surface area contributed by atoms with Crippen molar-refractivity contribution in [2.24, 2.45) is 0 Å². The van der Waals surface area contributed by atoms with Crippen LogP contribution in [0.5, 0.6) is 11.5 Å². The van der Waals surface area contributed by atoms with E-state index in [9.17, 15) is 4.79 Å². The average molecular weight is 293 g/mol. The Kier molecular flexibility index (Phi) is 7.32. The zero-order valence-corrected chi connectivity index (χ0v) is 12.8. The van der Waals surface area contributed by atoms with Gasteiger partial charge in [0.1, 0.15) is 6.10 Å². The summed E-state index contributed by atoms with van der Waals surface area (Å²) in [6.45, 7) is 8.50. The molecule has 0 bridgehead atoms. The lowest BCUT2D eigenvalue weighted by molar-refractivity contribution is -0.131. The predicted octanol–water partition coefficient (Wildman–Crippen LogP) is 2.30. The van der Waals surface area contributed by atoms with Gasteiger partial charge in [0.25, 0.3) is 0 Å². The van der Waals surface area contributed by atoms with Crippen LogP contribution in [-0.2, 0) is 16.1 Å². The molecule has 0 heterocycles. The number of hydrogen-bond donors (Lipinski definition) is 1. The zero-order valence-electron chi connectivity index (χ0n) is 12.8. The Bertz CT molecular complexity index is 473. The number of amides is 1. The van der Waals surface area contributed by atoms with E-state index in [0.717, 1.165) is 5.56 Å². The number of ether oxygens (including phenoxy) is 3. The van der Waals surface area contributed by atoms with Crippen molar-refractivity contribution in [3.63, 3.8) is 0 Å². The molecule has 1 aromatic rings. The smallest absolute Gasteiger partial charge is 0.249 e. The van der Waals surface area contributed by atoms with Crippen molar-refractivity contribution in [2.75, 3.05) is 20.3 Å². The van der Waals surface area contributed by atoms with E-state index in [-0.39, 0.29) is 5.91 Å². The van der Waals surface area contributed by atoms with Gasteiger partial charge in [0.15, 0.2) is 11.5 Å². The van der Waals surface area contributed by atoms with Crippen LogP contribution >= 0.6 is 0 Å². The summed E-state index contributed by atoms with van der Waals surface area (Å²) in [6.07, 6.45) is 1.11. The number of methoxy groups -OCH3 is 1. The number of carbonyl (C=O) groups excluding carboxylic acids is 1. The molecule has 5 heteroatoms. The van der Waals surface area contributed by atoms with Gasteiger partial charge in [0, 0.05) is 6.54 Å². The largest absolute Gasteiger partial charge is 0.493 e. The Morgan fingerprint density at radius 2 is 2.19 bits per heavy atom. The normalized spacial score (nSPS) is 11.6. The van der Waals surface area contributed by atoms with Gasteiger partial charge in [-0.3, -0.25) is 4.79 Å². The molecule has 0 aliphatic heterocycles. The van der Waals surface area contributed by atoms with Crippen LogP contribution < -0.4 is 14.8 Å². The van der Waals surface area contributed by atoms with E-state index in [1.165, 1.54) is 0 Å². The first-order chi connectivity index (χ1) is 10.1. The topological polar surface area (TPSA) is 56.8 Å². The molecule has 1 rings (SSSR count). The highest BCUT2D eigenvalue weighted by Crippen LogP contribution is 2.27. The highest BCUT2D eigenvalue weighted by atomic mass is 16.5. The van der Waals surface area contributed by atoms with Crippen molar-refractivity contribution < 1.29 is 19.0 Å². The molecule has 0 spiro atoms. The Labute approximate surface area is 125 Å². The van der Waals surface area contributed by atoms with Gasteiger partial charge in [-0.1, -0.05) is 12.1 Å². The minimum Gasteiger partial charge on any atom is -0.493 e. The molecule has 0 aliphatic rings. The van der Waals surface area contributed by atoms with Crippen LogP contribution in [-0.4, -0.2) is 32.3 Å². The Morgan fingerprint density at radius 3 is 2.81 bits per heavy atom. The number of nitrogens with one attached hydrogen (secondary N) is 1. The molecule has 1 aromatic carbocycles. The first-order valence-corrected chi connectivity index (χ1v) is 6.92. The van der Waals surface area contributed by atoms with Crippen molar-refractivity contribution in [3.05, 3.63) is 36.4 Å². The summed E-state index contributed by atoms with van der Waals surface area (Å²) in [5, 5.41) is 2.82. The second-order valence-electron chi connectivity index (χ2n) is 4.40. The molecule has 21 heavy (non-hydrogen) atoms. The molecule has 0 radical (unpaired) electrons. The van der Waals surface area contributed by atoms with Crippen molar-refractivity contribution >= 4 is 5.91 Å². The molecule has 5 nitrogen and oxygen atoms in total. The minimum atomic E-state index is -0.507. The van der Waals surface area contributed by atoms with Crippen molar-refractivity contribution in [3.8, 4) is 11.5 Å². The molecule has 0 aromatic heterocycles. The van der Waals surface area contributed by atoms with Crippen LogP contribution in [0.25, 0.3) is 0 Å². The third-order valence-corrected chi connectivity index (χ3v) is 2.83. The lowest BCUT2D eigenvalue weighted by atomic mass is 10.2. The number of benzene rings is 1. The quantitative estimate of drug-likeness (QED) is 0.710. The van der Waals surface area contributed by atoms with E-state index in [1.54, 1.807) is 20.1 Å². The molecular weight excluding hydrogens is 270 g/mol. The lowest BCUT2D eigenvalue weighted by Crippen LogP contribution is -2.34. The van der Waals surface area contributed by atoms with E-state index in [1.807, 2.05) is 25.1 Å². The van der Waals surface area contributed by atoms with Crippen LogP contribution in [0.2, 0.25) is 0 Å². The van der Waals surface area contributed by atoms with E-state index in [4.69, 9.17) is 14.2 Å². The highest BCUT2D eigenvalue weighted by molar-refractivity contribution is 5.80. The SMILES string of the molecule is C=CCO[C@H](C)C(=O)NCc1ccc(OCC)c(OC)c1. The van der Waals surface area contributed by atoms with Crippen molar-refractivity contribution in [2.45, 2.75) is 26.5 Å². The maximum Gasteiger partial charge on any atom is 0.249 e. The van der Waals surface area contributed by atoms with E-state index < -0.39 is 6.10 Å². The average Bonchev–Trinajstić information content (AvgIpc) is 2.51. The summed E-state index contributed by atoms with van der Waals surface area (Å²) in [5.74, 6) is 1.18. The van der Waals surface area contributed by atoms with Crippen molar-refractivity contribution in [1.29, 1.82) is 0 Å². The maximum atomic E-state index is 11.8. The molecular formula is C16H23NO4. The number of rotatable bonds is 9. The Hall–Kier alpha value is -2.01. The predicted molar refractivity (Wildman–Crippen MR) is 81.6 cm³/mol. The standard InChI is InChI=1S/C16H23NO4/c1-5-9-21-12(3)16(18)17-11-13-7-8-14(20-6-2)15(10-13)19-4/h5,7-8,10,12H,1,6,9,11H2,2-4H3,(H,17,18)/t12-/m1/s1. The summed E-state index contributed by atoms with van der Waals surface area (Å²) in [4.78, 5) is 11.8. The molecule has 1 atom stereocenters. The second-order valence-corrected chi connectivity index (χ2v) is 4.40.